The number of alkyl halides is 2. The largest absolute Gasteiger partial charge is 0.390 e. The number of anilines is 1. The van der Waals surface area contributed by atoms with E-state index in [0.717, 1.165) is 6.20 Å². The number of nitrogens with zero attached hydrogens (tertiary/aromatic N) is 3. The fraction of sp³-hybridized carbons (Fsp3) is 0.421. The number of aliphatic hydroxyl groups excluding tert-OH is 1. The van der Waals surface area contributed by atoms with E-state index in [0.29, 0.717) is 28.0 Å². The third kappa shape index (κ3) is 3.70. The number of hydrogen-bond donors (Lipinski definition) is 4. The van der Waals surface area contributed by atoms with Crippen LogP contribution in [0, 0.1) is 5.82 Å². The molecule has 0 amide bonds. The fourth-order valence-electron chi connectivity index (χ4n) is 3.81. The van der Waals surface area contributed by atoms with Gasteiger partial charge in [-0.05, 0) is 25.3 Å². The van der Waals surface area contributed by atoms with E-state index in [1.165, 1.54) is 6.20 Å². The van der Waals surface area contributed by atoms with Crippen LogP contribution >= 0.6 is 11.6 Å². The minimum Gasteiger partial charge on any atom is -0.390 e. The third-order valence-corrected chi connectivity index (χ3v) is 5.64. The predicted molar refractivity (Wildman–Crippen MR) is 105 cm³/mol. The normalized spacial score (nSPS) is 22.4. The van der Waals surface area contributed by atoms with Gasteiger partial charge < -0.3 is 20.5 Å². The van der Waals surface area contributed by atoms with Gasteiger partial charge in [0, 0.05) is 35.8 Å². The molecule has 30 heavy (non-hydrogen) atoms. The molecule has 0 unspecified atom stereocenters. The zero-order valence-electron chi connectivity index (χ0n) is 15.7. The van der Waals surface area contributed by atoms with Gasteiger partial charge in [-0.3, -0.25) is 0 Å². The number of aromatic amines is 1. The number of halogens is 4. The summed E-state index contributed by atoms with van der Waals surface area (Å²) in [5.74, 6) is -4.37. The van der Waals surface area contributed by atoms with Crippen LogP contribution in [-0.2, 0) is 0 Å². The second-order valence-electron chi connectivity index (χ2n) is 7.47. The minimum absolute atomic E-state index is 0.153. The van der Waals surface area contributed by atoms with Crippen LogP contribution in [0.4, 0.5) is 19.0 Å². The summed E-state index contributed by atoms with van der Waals surface area (Å²) in [4.78, 5) is 15.3. The van der Waals surface area contributed by atoms with Crippen LogP contribution in [0.15, 0.2) is 24.7 Å². The lowest BCUT2D eigenvalue weighted by Crippen LogP contribution is -2.55. The molecule has 0 radical (unpaired) electrons. The second-order valence-corrected chi connectivity index (χ2v) is 7.91. The smallest absolute Gasteiger partial charge is 0.298 e. The lowest BCUT2D eigenvalue weighted by Gasteiger charge is -2.41. The summed E-state index contributed by atoms with van der Waals surface area (Å²) in [6, 6.07) is 1.02. The Morgan fingerprint density at radius 2 is 2.13 bits per heavy atom. The number of aromatic nitrogens is 4. The minimum atomic E-state index is -3.65. The molecule has 0 spiro atoms. The van der Waals surface area contributed by atoms with Gasteiger partial charge in [0.05, 0.1) is 11.2 Å². The number of hydrogen-bond acceptors (Lipinski definition) is 6. The monoisotopic (exact) mass is 441 g/mol. The summed E-state index contributed by atoms with van der Waals surface area (Å²) in [6.45, 7) is -1.46. The van der Waals surface area contributed by atoms with E-state index in [4.69, 9.17) is 16.7 Å². The van der Waals surface area contributed by atoms with E-state index in [1.807, 2.05) is 0 Å². The van der Waals surface area contributed by atoms with Gasteiger partial charge in [0.1, 0.15) is 17.9 Å². The zero-order valence-corrected chi connectivity index (χ0v) is 16.4. The summed E-state index contributed by atoms with van der Waals surface area (Å²) in [5, 5.41) is 23.2. The average Bonchev–Trinajstić information content (AvgIpc) is 3.12. The predicted octanol–water partition coefficient (Wildman–Crippen LogP) is 3.53. The van der Waals surface area contributed by atoms with E-state index in [1.54, 1.807) is 12.3 Å². The standard InChI is InChI=1S/C19H19ClF3N5O2/c20-10-4-12-13(7-25-15(12)24-6-10)16-26-8-14(21)17(28-16)27-11-2-1-3-18(30,5-11)19(22,23)9-29/h4,6-8,11,29-30H,1-3,5,9H2,(H,24,25)(H,26,27,28)/t11-,18-/m0/s1. The molecule has 1 aliphatic rings. The summed E-state index contributed by atoms with van der Waals surface area (Å²) in [5.41, 5.74) is -1.26. The molecule has 11 heteroatoms. The number of aliphatic hydroxyl groups is 2. The number of H-pyrrole nitrogens is 1. The van der Waals surface area contributed by atoms with Crippen molar-refractivity contribution in [1.82, 2.24) is 19.9 Å². The van der Waals surface area contributed by atoms with Crippen LogP contribution in [0.25, 0.3) is 22.4 Å². The molecule has 3 heterocycles. The van der Waals surface area contributed by atoms with Crippen molar-refractivity contribution in [2.45, 2.75) is 43.2 Å². The van der Waals surface area contributed by atoms with E-state index in [2.05, 4.69) is 25.3 Å². The van der Waals surface area contributed by atoms with Gasteiger partial charge in [-0.15, -0.1) is 0 Å². The number of fused-ring (bicyclic) bond motifs is 1. The first-order valence-electron chi connectivity index (χ1n) is 9.35. The first-order chi connectivity index (χ1) is 14.2. The van der Waals surface area contributed by atoms with Crippen LogP contribution in [0.5, 0.6) is 0 Å². The molecule has 4 N–H and O–H groups in total. The van der Waals surface area contributed by atoms with Gasteiger partial charge in [-0.2, -0.15) is 0 Å². The molecule has 3 aromatic rings. The van der Waals surface area contributed by atoms with Gasteiger partial charge >= 0.3 is 0 Å². The molecule has 1 aliphatic carbocycles. The van der Waals surface area contributed by atoms with Crippen molar-refractivity contribution in [3.8, 4) is 11.4 Å². The third-order valence-electron chi connectivity index (χ3n) is 5.43. The highest BCUT2D eigenvalue weighted by Crippen LogP contribution is 2.41. The van der Waals surface area contributed by atoms with Crippen molar-refractivity contribution in [1.29, 1.82) is 0 Å². The molecular weight excluding hydrogens is 423 g/mol. The molecule has 0 aliphatic heterocycles. The molecule has 0 saturated heterocycles. The lowest BCUT2D eigenvalue weighted by atomic mass is 9.77. The summed E-state index contributed by atoms with van der Waals surface area (Å²) in [7, 11) is 0. The van der Waals surface area contributed by atoms with Gasteiger partial charge in [0.25, 0.3) is 5.92 Å². The number of nitrogens with one attached hydrogen (secondary N) is 2. The Morgan fingerprint density at radius 3 is 2.90 bits per heavy atom. The molecule has 1 saturated carbocycles. The quantitative estimate of drug-likeness (QED) is 0.482. The molecule has 7 nitrogen and oxygen atoms in total. The molecule has 1 fully saturated rings. The SMILES string of the molecule is OCC(F)(F)[C@]1(O)CCC[C@H](Nc2nc(-c3c[nH]c4ncc(Cl)cc34)ncc2F)C1. The maximum Gasteiger partial charge on any atom is 0.298 e. The molecular formula is C19H19ClF3N5O2. The first-order valence-corrected chi connectivity index (χ1v) is 9.73. The van der Waals surface area contributed by atoms with Crippen molar-refractivity contribution in [3.63, 3.8) is 0 Å². The van der Waals surface area contributed by atoms with Crippen LogP contribution in [0.2, 0.25) is 5.02 Å². The van der Waals surface area contributed by atoms with E-state index >= 15 is 0 Å². The van der Waals surface area contributed by atoms with Crippen LogP contribution < -0.4 is 5.32 Å². The first kappa shape index (κ1) is 20.8. The molecule has 3 aromatic heterocycles. The maximum absolute atomic E-state index is 14.4. The lowest BCUT2D eigenvalue weighted by molar-refractivity contribution is -0.213. The summed E-state index contributed by atoms with van der Waals surface area (Å²) >= 11 is 6.00. The molecule has 4 rings (SSSR count). The molecule has 160 valence electrons. The van der Waals surface area contributed by atoms with Gasteiger partial charge in [0.15, 0.2) is 17.5 Å². The Morgan fingerprint density at radius 1 is 1.33 bits per heavy atom. The Bertz CT molecular complexity index is 1080. The van der Waals surface area contributed by atoms with Crippen LogP contribution in [0.3, 0.4) is 0 Å². The van der Waals surface area contributed by atoms with Gasteiger partial charge in [-0.1, -0.05) is 11.6 Å². The number of pyridine rings is 1. The highest BCUT2D eigenvalue weighted by atomic mass is 35.5. The van der Waals surface area contributed by atoms with Gasteiger partial charge in [0.2, 0.25) is 0 Å². The number of rotatable bonds is 5. The van der Waals surface area contributed by atoms with Crippen molar-refractivity contribution in [2.24, 2.45) is 0 Å². The van der Waals surface area contributed by atoms with Crippen LogP contribution in [0.1, 0.15) is 25.7 Å². The van der Waals surface area contributed by atoms with Crippen molar-refractivity contribution >= 4 is 28.5 Å². The molecule has 2 atom stereocenters. The highest BCUT2D eigenvalue weighted by molar-refractivity contribution is 6.31. The Kier molecular flexibility index (Phi) is 5.33. The van der Waals surface area contributed by atoms with Crippen molar-refractivity contribution in [3.05, 3.63) is 35.5 Å². The summed E-state index contributed by atoms with van der Waals surface area (Å²) < 4.78 is 42.4. The zero-order chi connectivity index (χ0) is 21.5. The van der Waals surface area contributed by atoms with Gasteiger partial charge in [-0.25, -0.2) is 28.1 Å². The highest BCUT2D eigenvalue weighted by Gasteiger charge is 2.54. The average molecular weight is 442 g/mol. The van der Waals surface area contributed by atoms with E-state index in [-0.39, 0.29) is 30.9 Å². The van der Waals surface area contributed by atoms with Crippen molar-refractivity contribution < 1.29 is 23.4 Å². The molecule has 0 bridgehead atoms. The topological polar surface area (TPSA) is 107 Å². The van der Waals surface area contributed by atoms with Crippen molar-refractivity contribution in [2.75, 3.05) is 11.9 Å². The molecule has 0 aromatic carbocycles. The fourth-order valence-corrected chi connectivity index (χ4v) is 3.97. The summed E-state index contributed by atoms with van der Waals surface area (Å²) in [6.07, 6.45) is 4.30. The Balaban J connectivity index is 1.62. The Labute approximate surface area is 174 Å². The van der Waals surface area contributed by atoms with Crippen LogP contribution in [-0.4, -0.2) is 54.3 Å². The van der Waals surface area contributed by atoms with E-state index in [9.17, 15) is 18.3 Å². The maximum atomic E-state index is 14.4. The van der Waals surface area contributed by atoms with E-state index < -0.39 is 30.0 Å². The Hall–Kier alpha value is -2.43. The second kappa shape index (κ2) is 7.68.